The molecule has 0 aliphatic carbocycles. The van der Waals surface area contributed by atoms with Crippen molar-refractivity contribution in [1.82, 2.24) is 9.88 Å². The smallest absolute Gasteiger partial charge is 0.409 e. The molecule has 29 heavy (non-hydrogen) atoms. The van der Waals surface area contributed by atoms with Crippen molar-refractivity contribution in [3.8, 4) is 5.75 Å². The van der Waals surface area contributed by atoms with Crippen LogP contribution in [0.5, 0.6) is 5.75 Å². The summed E-state index contributed by atoms with van der Waals surface area (Å²) in [6, 6.07) is 10.5. The third-order valence-electron chi connectivity index (χ3n) is 5.23. The second-order valence-corrected chi connectivity index (χ2v) is 7.16. The van der Waals surface area contributed by atoms with Gasteiger partial charge in [-0.2, -0.15) is 0 Å². The van der Waals surface area contributed by atoms with Crippen molar-refractivity contribution in [3.63, 3.8) is 0 Å². The Morgan fingerprint density at radius 1 is 1.17 bits per heavy atom. The number of primary amides is 2. The van der Waals surface area contributed by atoms with E-state index in [1.54, 1.807) is 36.5 Å². The van der Waals surface area contributed by atoms with Crippen LogP contribution in [0.4, 0.5) is 4.79 Å². The van der Waals surface area contributed by atoms with Crippen LogP contribution in [0.15, 0.2) is 48.8 Å². The molecule has 0 radical (unpaired) electrons. The summed E-state index contributed by atoms with van der Waals surface area (Å²) >= 11 is 0. The molecule has 2 atom stereocenters. The summed E-state index contributed by atoms with van der Waals surface area (Å²) in [6.45, 7) is 0.704. The average Bonchev–Trinajstić information content (AvgIpc) is 2.73. The van der Waals surface area contributed by atoms with E-state index in [9.17, 15) is 14.4 Å². The number of piperidine rings is 1. The van der Waals surface area contributed by atoms with Crippen molar-refractivity contribution >= 4 is 17.9 Å². The standard InChI is InChI=1S/C21H24N4O4/c22-19(26)16-4-1-3-14(11-16)6-7-15-8-10-25(13-18(15)20(23)27)21(28)29-17-5-2-9-24-12-17/h1-5,9,11-12,15,18H,6-8,10,13H2,(H2,22,26)(H2,23,27). The first-order valence-electron chi connectivity index (χ1n) is 9.49. The lowest BCUT2D eigenvalue weighted by Gasteiger charge is -2.36. The van der Waals surface area contributed by atoms with Crippen LogP contribution >= 0.6 is 0 Å². The molecule has 2 unspecified atom stereocenters. The minimum atomic E-state index is -0.517. The predicted molar refractivity (Wildman–Crippen MR) is 106 cm³/mol. The number of hydrogen-bond donors (Lipinski definition) is 2. The second kappa shape index (κ2) is 9.18. The molecule has 4 N–H and O–H groups in total. The van der Waals surface area contributed by atoms with Gasteiger partial charge in [0.1, 0.15) is 0 Å². The monoisotopic (exact) mass is 396 g/mol. The van der Waals surface area contributed by atoms with Gasteiger partial charge in [0.15, 0.2) is 5.75 Å². The van der Waals surface area contributed by atoms with Crippen molar-refractivity contribution in [3.05, 3.63) is 59.9 Å². The van der Waals surface area contributed by atoms with Crippen molar-refractivity contribution in [2.24, 2.45) is 23.3 Å². The number of carbonyl (C=O) groups is 3. The number of ether oxygens (including phenoxy) is 1. The highest BCUT2D eigenvalue weighted by Crippen LogP contribution is 2.28. The zero-order valence-electron chi connectivity index (χ0n) is 16.0. The minimum absolute atomic E-state index is 0.0483. The van der Waals surface area contributed by atoms with Crippen molar-refractivity contribution in [2.45, 2.75) is 19.3 Å². The SMILES string of the molecule is NC(=O)c1cccc(CCC2CCN(C(=O)Oc3cccnc3)CC2C(N)=O)c1. The van der Waals surface area contributed by atoms with Crippen molar-refractivity contribution in [1.29, 1.82) is 0 Å². The maximum atomic E-state index is 12.4. The van der Waals surface area contributed by atoms with Gasteiger partial charge in [0.25, 0.3) is 0 Å². The lowest BCUT2D eigenvalue weighted by molar-refractivity contribution is -0.125. The van der Waals surface area contributed by atoms with E-state index in [4.69, 9.17) is 16.2 Å². The molecular formula is C21H24N4O4. The van der Waals surface area contributed by atoms with Gasteiger partial charge < -0.3 is 21.1 Å². The van der Waals surface area contributed by atoms with Crippen LogP contribution in [-0.4, -0.2) is 40.9 Å². The van der Waals surface area contributed by atoms with E-state index >= 15 is 0 Å². The summed E-state index contributed by atoms with van der Waals surface area (Å²) in [5.41, 5.74) is 12.4. The fourth-order valence-electron chi connectivity index (χ4n) is 3.64. The van der Waals surface area contributed by atoms with Crippen LogP contribution in [0, 0.1) is 11.8 Å². The van der Waals surface area contributed by atoms with Gasteiger partial charge >= 0.3 is 6.09 Å². The number of pyridine rings is 1. The van der Waals surface area contributed by atoms with E-state index in [1.807, 2.05) is 6.07 Å². The van der Waals surface area contributed by atoms with E-state index in [0.29, 0.717) is 30.7 Å². The number of amides is 3. The Balaban J connectivity index is 1.60. The molecule has 3 rings (SSSR count). The van der Waals surface area contributed by atoms with E-state index in [0.717, 1.165) is 12.0 Å². The maximum Gasteiger partial charge on any atom is 0.415 e. The zero-order valence-corrected chi connectivity index (χ0v) is 16.0. The summed E-state index contributed by atoms with van der Waals surface area (Å²) < 4.78 is 5.31. The van der Waals surface area contributed by atoms with Crippen LogP contribution in [-0.2, 0) is 11.2 Å². The molecule has 2 heterocycles. The highest BCUT2D eigenvalue weighted by Gasteiger charge is 2.35. The van der Waals surface area contributed by atoms with Gasteiger partial charge in [-0.05, 0) is 55.0 Å². The Morgan fingerprint density at radius 3 is 2.69 bits per heavy atom. The molecule has 1 aliphatic heterocycles. The van der Waals surface area contributed by atoms with E-state index in [-0.39, 0.29) is 12.5 Å². The largest absolute Gasteiger partial charge is 0.415 e. The molecule has 0 bridgehead atoms. The molecule has 0 spiro atoms. The normalized spacial score (nSPS) is 18.8. The fourth-order valence-corrected chi connectivity index (χ4v) is 3.64. The summed E-state index contributed by atoms with van der Waals surface area (Å²) in [5.74, 6) is -0.955. The summed E-state index contributed by atoms with van der Waals surface area (Å²) in [7, 11) is 0. The molecule has 152 valence electrons. The number of carbonyl (C=O) groups excluding carboxylic acids is 3. The molecule has 1 aromatic carbocycles. The minimum Gasteiger partial charge on any atom is -0.409 e. The number of likely N-dealkylation sites (tertiary alicyclic amines) is 1. The van der Waals surface area contributed by atoms with E-state index in [2.05, 4.69) is 4.98 Å². The number of nitrogens with two attached hydrogens (primary N) is 2. The van der Waals surface area contributed by atoms with Gasteiger partial charge in [0.2, 0.25) is 11.8 Å². The van der Waals surface area contributed by atoms with Crippen LogP contribution in [0.3, 0.4) is 0 Å². The van der Waals surface area contributed by atoms with Crippen LogP contribution in [0.1, 0.15) is 28.8 Å². The first kappa shape index (κ1) is 20.3. The van der Waals surface area contributed by atoms with Crippen LogP contribution in [0.2, 0.25) is 0 Å². The van der Waals surface area contributed by atoms with Gasteiger partial charge in [-0.1, -0.05) is 12.1 Å². The highest BCUT2D eigenvalue weighted by molar-refractivity contribution is 5.92. The average molecular weight is 396 g/mol. The van der Waals surface area contributed by atoms with Gasteiger partial charge in [0, 0.05) is 24.8 Å². The van der Waals surface area contributed by atoms with Crippen molar-refractivity contribution < 1.29 is 19.1 Å². The molecule has 0 saturated carbocycles. The van der Waals surface area contributed by atoms with E-state index < -0.39 is 23.8 Å². The van der Waals surface area contributed by atoms with E-state index in [1.165, 1.54) is 11.1 Å². The molecule has 1 saturated heterocycles. The molecule has 8 heteroatoms. The number of aryl methyl sites for hydroxylation is 1. The Morgan fingerprint density at radius 2 is 2.00 bits per heavy atom. The van der Waals surface area contributed by atoms with Gasteiger partial charge in [-0.15, -0.1) is 0 Å². The van der Waals surface area contributed by atoms with Gasteiger partial charge in [0.05, 0.1) is 12.1 Å². The Labute approximate surface area is 168 Å². The number of benzene rings is 1. The first-order valence-corrected chi connectivity index (χ1v) is 9.49. The van der Waals surface area contributed by atoms with Gasteiger partial charge in [-0.25, -0.2) is 4.79 Å². The van der Waals surface area contributed by atoms with Crippen LogP contribution < -0.4 is 16.2 Å². The fraction of sp³-hybridized carbons (Fsp3) is 0.333. The van der Waals surface area contributed by atoms with Gasteiger partial charge in [-0.3, -0.25) is 14.6 Å². The Kier molecular flexibility index (Phi) is 6.43. The lowest BCUT2D eigenvalue weighted by Crippen LogP contribution is -2.49. The molecule has 1 fully saturated rings. The molecule has 1 aromatic heterocycles. The van der Waals surface area contributed by atoms with Crippen LogP contribution in [0.25, 0.3) is 0 Å². The maximum absolute atomic E-state index is 12.4. The molecule has 3 amide bonds. The summed E-state index contributed by atoms with van der Waals surface area (Å²) in [6.07, 6.45) is 4.58. The highest BCUT2D eigenvalue weighted by atomic mass is 16.6. The second-order valence-electron chi connectivity index (χ2n) is 7.16. The zero-order chi connectivity index (χ0) is 20.8. The number of hydrogen-bond acceptors (Lipinski definition) is 5. The quantitative estimate of drug-likeness (QED) is 0.768. The Bertz CT molecular complexity index is 887. The molecule has 1 aliphatic rings. The first-order chi connectivity index (χ1) is 13.9. The number of aromatic nitrogens is 1. The Hall–Kier alpha value is -3.42. The predicted octanol–water partition coefficient (Wildman–Crippen LogP) is 1.74. The molecular weight excluding hydrogens is 372 g/mol. The lowest BCUT2D eigenvalue weighted by atomic mass is 9.81. The third-order valence-corrected chi connectivity index (χ3v) is 5.23. The third kappa shape index (κ3) is 5.31. The molecule has 2 aromatic rings. The topological polar surface area (TPSA) is 129 Å². The molecule has 8 nitrogen and oxygen atoms in total. The number of nitrogens with zero attached hydrogens (tertiary/aromatic N) is 2. The van der Waals surface area contributed by atoms with Crippen molar-refractivity contribution in [2.75, 3.05) is 13.1 Å². The summed E-state index contributed by atoms with van der Waals surface area (Å²) in [4.78, 5) is 41.2. The summed E-state index contributed by atoms with van der Waals surface area (Å²) in [5, 5.41) is 0. The number of rotatable bonds is 6.